The number of benzene rings is 1. The minimum atomic E-state index is -0.304. The van der Waals surface area contributed by atoms with E-state index in [1.54, 1.807) is 11.1 Å². The van der Waals surface area contributed by atoms with Gasteiger partial charge in [-0.3, -0.25) is 9.59 Å². The Bertz CT molecular complexity index is 920. The summed E-state index contributed by atoms with van der Waals surface area (Å²) in [6, 6.07) is 9.59. The predicted octanol–water partition coefficient (Wildman–Crippen LogP) is 2.82. The molecule has 1 fully saturated rings. The highest BCUT2D eigenvalue weighted by Gasteiger charge is 2.45. The first-order valence-corrected chi connectivity index (χ1v) is 9.77. The van der Waals surface area contributed by atoms with E-state index in [0.717, 1.165) is 18.4 Å². The molecule has 2 aromatic rings. The Labute approximate surface area is 165 Å². The number of pyridine rings is 1. The smallest absolute Gasteiger partial charge is 0.274 e. The number of hydrogen-bond donors (Lipinski definition) is 0. The van der Waals surface area contributed by atoms with Gasteiger partial charge < -0.3 is 18.9 Å². The van der Waals surface area contributed by atoms with Crippen molar-refractivity contribution < 1.29 is 14.3 Å². The number of likely N-dealkylation sites (N-methyl/N-ethyl adjacent to an activating group) is 1. The lowest BCUT2D eigenvalue weighted by molar-refractivity contribution is -0.0268. The summed E-state index contributed by atoms with van der Waals surface area (Å²) in [5.74, 6) is -0.0807. The number of halogens is 1. The lowest BCUT2D eigenvalue weighted by atomic mass is 9.86. The minimum Gasteiger partial charge on any atom is -0.483 e. The first kappa shape index (κ1) is 18.3. The highest BCUT2D eigenvalue weighted by atomic mass is 79.9. The van der Waals surface area contributed by atoms with Crippen LogP contribution >= 0.6 is 15.9 Å². The zero-order chi connectivity index (χ0) is 19.0. The maximum atomic E-state index is 13.2. The molecule has 0 atom stereocenters. The van der Waals surface area contributed by atoms with Crippen molar-refractivity contribution in [1.82, 2.24) is 9.47 Å². The van der Waals surface area contributed by atoms with E-state index < -0.39 is 0 Å². The summed E-state index contributed by atoms with van der Waals surface area (Å²) in [6.45, 7) is 2.11. The van der Waals surface area contributed by atoms with Crippen LogP contribution in [0, 0.1) is 0 Å². The third kappa shape index (κ3) is 3.19. The van der Waals surface area contributed by atoms with E-state index in [4.69, 9.17) is 9.47 Å². The number of fused-ring (bicyclic) bond motifs is 1. The molecule has 0 unspecified atom stereocenters. The molecule has 1 saturated heterocycles. The molecule has 1 aromatic carbocycles. The van der Waals surface area contributed by atoms with Gasteiger partial charge in [-0.05, 0) is 34.3 Å². The third-order valence-corrected chi connectivity index (χ3v) is 6.09. The maximum absolute atomic E-state index is 13.2. The predicted molar refractivity (Wildman–Crippen MR) is 104 cm³/mol. The molecule has 2 aliphatic heterocycles. The van der Waals surface area contributed by atoms with E-state index in [0.29, 0.717) is 29.9 Å². The Morgan fingerprint density at radius 1 is 1.19 bits per heavy atom. The van der Waals surface area contributed by atoms with Crippen LogP contribution in [0.2, 0.25) is 0 Å². The lowest BCUT2D eigenvalue weighted by Gasteiger charge is -2.48. The van der Waals surface area contributed by atoms with Gasteiger partial charge in [0, 0.05) is 33.0 Å². The van der Waals surface area contributed by atoms with Crippen molar-refractivity contribution in [2.24, 2.45) is 0 Å². The first-order valence-electron chi connectivity index (χ1n) is 8.97. The fourth-order valence-electron chi connectivity index (χ4n) is 3.86. The maximum Gasteiger partial charge on any atom is 0.274 e. The number of nitrogens with zero attached hydrogens (tertiary/aromatic N) is 2. The van der Waals surface area contributed by atoms with Crippen LogP contribution in [0.3, 0.4) is 0 Å². The Morgan fingerprint density at radius 2 is 1.89 bits per heavy atom. The van der Waals surface area contributed by atoms with Crippen molar-refractivity contribution in [2.75, 3.05) is 20.3 Å². The molecule has 0 bridgehead atoms. The van der Waals surface area contributed by atoms with E-state index in [-0.39, 0.29) is 29.2 Å². The number of carbonyl (C=O) groups excluding carboxylic acids is 1. The molecule has 0 aliphatic carbocycles. The highest BCUT2D eigenvalue weighted by molar-refractivity contribution is 9.10. The summed E-state index contributed by atoms with van der Waals surface area (Å²) >= 11 is 3.34. The SMILES string of the molecule is CN1C(=O)c2c(OCc3ccccc3)c(=O)c(Br)cn2CC12CCOCC2. The van der Waals surface area contributed by atoms with Crippen LogP contribution in [-0.4, -0.2) is 41.2 Å². The van der Waals surface area contributed by atoms with E-state index in [1.807, 2.05) is 41.9 Å². The van der Waals surface area contributed by atoms with Gasteiger partial charge in [0.2, 0.25) is 5.43 Å². The van der Waals surface area contributed by atoms with Crippen molar-refractivity contribution in [2.45, 2.75) is 31.5 Å². The standard InChI is InChI=1S/C20H21BrN2O4/c1-22-19(25)16-18(27-12-14-5-3-2-4-6-14)17(24)15(21)11-23(16)13-20(22)7-9-26-10-8-20/h2-6,11H,7-10,12-13H2,1H3. The second kappa shape index (κ2) is 7.13. The number of rotatable bonds is 3. The Morgan fingerprint density at radius 3 is 2.59 bits per heavy atom. The monoisotopic (exact) mass is 432 g/mol. The van der Waals surface area contributed by atoms with Crippen LogP contribution in [0.1, 0.15) is 28.9 Å². The van der Waals surface area contributed by atoms with Gasteiger partial charge in [-0.2, -0.15) is 0 Å². The molecule has 0 saturated carbocycles. The topological polar surface area (TPSA) is 60.8 Å². The van der Waals surface area contributed by atoms with Crippen LogP contribution in [0.5, 0.6) is 5.75 Å². The van der Waals surface area contributed by atoms with E-state index in [2.05, 4.69) is 15.9 Å². The van der Waals surface area contributed by atoms with E-state index in [9.17, 15) is 9.59 Å². The minimum absolute atomic E-state index is 0.104. The summed E-state index contributed by atoms with van der Waals surface area (Å²) in [5, 5.41) is 0. The molecular weight excluding hydrogens is 412 g/mol. The molecule has 1 aromatic heterocycles. The second-order valence-corrected chi connectivity index (χ2v) is 7.94. The van der Waals surface area contributed by atoms with Gasteiger partial charge in [-0.15, -0.1) is 0 Å². The largest absolute Gasteiger partial charge is 0.483 e. The summed E-state index contributed by atoms with van der Waals surface area (Å²) in [6.07, 6.45) is 3.26. The van der Waals surface area contributed by atoms with Gasteiger partial charge >= 0.3 is 0 Å². The van der Waals surface area contributed by atoms with Gasteiger partial charge in [0.1, 0.15) is 6.61 Å². The molecule has 3 heterocycles. The van der Waals surface area contributed by atoms with Crippen LogP contribution < -0.4 is 10.2 Å². The van der Waals surface area contributed by atoms with E-state index in [1.165, 1.54) is 0 Å². The van der Waals surface area contributed by atoms with Crippen LogP contribution in [0.25, 0.3) is 0 Å². The summed E-state index contributed by atoms with van der Waals surface area (Å²) in [5.41, 5.74) is 0.668. The first-order chi connectivity index (χ1) is 13.0. The zero-order valence-electron chi connectivity index (χ0n) is 15.1. The Hall–Kier alpha value is -2.12. The molecule has 4 rings (SSSR count). The highest BCUT2D eigenvalue weighted by Crippen LogP contribution is 2.36. The molecule has 0 N–H and O–H groups in total. The fraction of sp³-hybridized carbons (Fsp3) is 0.400. The number of carbonyl (C=O) groups is 1. The molecule has 0 radical (unpaired) electrons. The number of amides is 1. The van der Waals surface area contributed by atoms with Gasteiger partial charge in [0.15, 0.2) is 11.4 Å². The molecule has 27 heavy (non-hydrogen) atoms. The number of hydrogen-bond acceptors (Lipinski definition) is 4. The van der Waals surface area contributed by atoms with Crippen LogP contribution in [0.4, 0.5) is 0 Å². The van der Waals surface area contributed by atoms with Crippen molar-refractivity contribution >= 4 is 21.8 Å². The average Bonchev–Trinajstić information content (AvgIpc) is 2.69. The van der Waals surface area contributed by atoms with Gasteiger partial charge in [0.25, 0.3) is 5.91 Å². The number of ether oxygens (including phenoxy) is 2. The molecule has 142 valence electrons. The molecule has 1 spiro atoms. The van der Waals surface area contributed by atoms with Crippen molar-refractivity contribution in [3.05, 3.63) is 62.5 Å². The molecule has 7 heteroatoms. The molecule has 6 nitrogen and oxygen atoms in total. The molecular formula is C20H21BrN2O4. The Kier molecular flexibility index (Phi) is 4.82. The normalized spacial score (nSPS) is 18.4. The van der Waals surface area contributed by atoms with Crippen LogP contribution in [-0.2, 0) is 17.9 Å². The number of aromatic nitrogens is 1. The molecule has 1 amide bonds. The molecule has 2 aliphatic rings. The average molecular weight is 433 g/mol. The lowest BCUT2D eigenvalue weighted by Crippen LogP contribution is -2.59. The summed E-state index contributed by atoms with van der Waals surface area (Å²) in [4.78, 5) is 27.7. The van der Waals surface area contributed by atoms with E-state index >= 15 is 0 Å². The summed E-state index contributed by atoms with van der Waals surface area (Å²) < 4.78 is 13.6. The Balaban J connectivity index is 1.74. The fourth-order valence-corrected chi connectivity index (χ4v) is 4.28. The van der Waals surface area contributed by atoms with Gasteiger partial charge in [-0.25, -0.2) is 0 Å². The van der Waals surface area contributed by atoms with Crippen LogP contribution in [0.15, 0.2) is 45.8 Å². The summed E-state index contributed by atoms with van der Waals surface area (Å²) in [7, 11) is 1.81. The zero-order valence-corrected chi connectivity index (χ0v) is 16.7. The second-order valence-electron chi connectivity index (χ2n) is 7.09. The van der Waals surface area contributed by atoms with Crippen molar-refractivity contribution in [3.8, 4) is 5.75 Å². The van der Waals surface area contributed by atoms with Gasteiger partial charge in [0.05, 0.1) is 10.0 Å². The van der Waals surface area contributed by atoms with Crippen molar-refractivity contribution in [1.29, 1.82) is 0 Å². The third-order valence-electron chi connectivity index (χ3n) is 5.53. The van der Waals surface area contributed by atoms with Gasteiger partial charge in [-0.1, -0.05) is 30.3 Å². The van der Waals surface area contributed by atoms with Crippen molar-refractivity contribution in [3.63, 3.8) is 0 Å². The quantitative estimate of drug-likeness (QED) is 0.747.